The van der Waals surface area contributed by atoms with Gasteiger partial charge in [-0.25, -0.2) is 9.59 Å². The zero-order chi connectivity index (χ0) is 14.4. The number of rotatable bonds is 6. The number of nitrogens with one attached hydrogen (secondary N) is 1. The van der Waals surface area contributed by atoms with Crippen LogP contribution in [0.3, 0.4) is 0 Å². The van der Waals surface area contributed by atoms with E-state index in [0.29, 0.717) is 25.7 Å². The third-order valence-electron chi connectivity index (χ3n) is 3.39. The van der Waals surface area contributed by atoms with Crippen molar-refractivity contribution in [2.24, 2.45) is 0 Å². The topological polar surface area (TPSA) is 82.1 Å². The molecule has 1 fully saturated rings. The Kier molecular flexibility index (Phi) is 6.04. The molecular formula is C12H23N3O4. The molecule has 1 aliphatic heterocycles. The molecule has 1 aliphatic rings. The molecule has 0 radical (unpaired) electrons. The number of likely N-dealkylation sites (N-methyl/N-ethyl adjacent to an activating group) is 1. The molecular weight excluding hydrogens is 250 g/mol. The minimum atomic E-state index is -1.03. The van der Waals surface area contributed by atoms with Gasteiger partial charge in [-0.15, -0.1) is 0 Å². The number of urea groups is 1. The molecule has 1 rings (SSSR count). The number of aliphatic carboxylic acids is 1. The molecule has 0 aliphatic carbocycles. The largest absolute Gasteiger partial charge is 0.480 e. The minimum absolute atomic E-state index is 0.266. The summed E-state index contributed by atoms with van der Waals surface area (Å²) in [5.74, 6) is -1.03. The van der Waals surface area contributed by atoms with E-state index in [2.05, 4.69) is 10.2 Å². The van der Waals surface area contributed by atoms with Crippen LogP contribution in [-0.4, -0.2) is 79.9 Å². The van der Waals surface area contributed by atoms with Crippen molar-refractivity contribution in [2.75, 3.05) is 40.9 Å². The van der Waals surface area contributed by atoms with Gasteiger partial charge in [-0.05, 0) is 20.5 Å². The van der Waals surface area contributed by atoms with E-state index >= 15 is 0 Å². The molecule has 0 bridgehead atoms. The number of carboxylic acids is 1. The summed E-state index contributed by atoms with van der Waals surface area (Å²) in [6.45, 7) is 1.60. The van der Waals surface area contributed by atoms with Gasteiger partial charge in [0, 0.05) is 39.3 Å². The molecule has 7 nitrogen and oxygen atoms in total. The van der Waals surface area contributed by atoms with Gasteiger partial charge in [0.05, 0.1) is 0 Å². The van der Waals surface area contributed by atoms with Gasteiger partial charge >= 0.3 is 12.0 Å². The average Bonchev–Trinajstić information content (AvgIpc) is 2.83. The van der Waals surface area contributed by atoms with Crippen LogP contribution in [0.15, 0.2) is 0 Å². The Labute approximate surface area is 113 Å². The standard InChI is InChI=1S/C12H23N3O4/c1-14(2)9-4-6-15(8-9)12(18)13-10(11(16)17)5-7-19-3/h9-10H,4-8H2,1-3H3,(H,13,18)(H,16,17). The quantitative estimate of drug-likeness (QED) is 0.701. The van der Waals surface area contributed by atoms with Gasteiger partial charge in [0.2, 0.25) is 0 Å². The summed E-state index contributed by atoms with van der Waals surface area (Å²) in [7, 11) is 5.46. The predicted octanol–water partition coefficient (Wildman–Crippen LogP) is -0.178. The first-order valence-corrected chi connectivity index (χ1v) is 6.39. The Morgan fingerprint density at radius 2 is 2.21 bits per heavy atom. The molecule has 0 aromatic rings. The number of ether oxygens (including phenoxy) is 1. The molecule has 0 saturated carbocycles. The summed E-state index contributed by atoms with van der Waals surface area (Å²) in [4.78, 5) is 26.8. The van der Waals surface area contributed by atoms with Crippen LogP contribution in [-0.2, 0) is 9.53 Å². The fourth-order valence-corrected chi connectivity index (χ4v) is 2.08. The van der Waals surface area contributed by atoms with Crippen molar-refractivity contribution in [1.29, 1.82) is 0 Å². The number of carbonyl (C=O) groups is 2. The molecule has 7 heteroatoms. The van der Waals surface area contributed by atoms with E-state index in [9.17, 15) is 9.59 Å². The number of likely N-dealkylation sites (tertiary alicyclic amines) is 1. The number of carbonyl (C=O) groups excluding carboxylic acids is 1. The Morgan fingerprint density at radius 3 is 2.68 bits per heavy atom. The van der Waals surface area contributed by atoms with Gasteiger partial charge in [0.1, 0.15) is 6.04 Å². The second kappa shape index (κ2) is 7.30. The van der Waals surface area contributed by atoms with Gasteiger partial charge in [-0.3, -0.25) is 0 Å². The number of nitrogens with zero attached hydrogens (tertiary/aromatic N) is 2. The molecule has 0 aromatic carbocycles. The number of methoxy groups -OCH3 is 1. The molecule has 2 atom stereocenters. The maximum absolute atomic E-state index is 12.0. The molecule has 2 N–H and O–H groups in total. The van der Waals surface area contributed by atoms with Crippen molar-refractivity contribution in [1.82, 2.24) is 15.1 Å². The van der Waals surface area contributed by atoms with Crippen LogP contribution in [0.2, 0.25) is 0 Å². The fraction of sp³-hybridized carbons (Fsp3) is 0.833. The Hall–Kier alpha value is -1.34. The summed E-state index contributed by atoms with van der Waals surface area (Å²) in [5.41, 5.74) is 0. The predicted molar refractivity (Wildman–Crippen MR) is 70.1 cm³/mol. The summed E-state index contributed by atoms with van der Waals surface area (Å²) in [5, 5.41) is 11.6. The van der Waals surface area contributed by atoms with E-state index < -0.39 is 12.0 Å². The van der Waals surface area contributed by atoms with Crippen molar-refractivity contribution in [2.45, 2.75) is 24.9 Å². The average molecular weight is 273 g/mol. The molecule has 19 heavy (non-hydrogen) atoms. The number of amides is 2. The second-order valence-electron chi connectivity index (χ2n) is 4.97. The summed E-state index contributed by atoms with van der Waals surface area (Å²) in [6, 6.07) is -0.869. The number of carboxylic acid groups (broad SMARTS) is 1. The van der Waals surface area contributed by atoms with Crippen LogP contribution in [0.5, 0.6) is 0 Å². The lowest BCUT2D eigenvalue weighted by atomic mass is 10.2. The Balaban J connectivity index is 2.46. The first-order chi connectivity index (χ1) is 8.95. The first kappa shape index (κ1) is 15.7. The molecule has 1 heterocycles. The van der Waals surface area contributed by atoms with Crippen LogP contribution >= 0.6 is 0 Å². The highest BCUT2D eigenvalue weighted by Gasteiger charge is 2.29. The zero-order valence-corrected chi connectivity index (χ0v) is 11.8. The van der Waals surface area contributed by atoms with Crippen LogP contribution < -0.4 is 5.32 Å². The normalized spacial score (nSPS) is 20.6. The van der Waals surface area contributed by atoms with E-state index in [1.165, 1.54) is 7.11 Å². The van der Waals surface area contributed by atoms with Gasteiger partial charge in [-0.2, -0.15) is 0 Å². The van der Waals surface area contributed by atoms with Gasteiger partial charge in [0.15, 0.2) is 0 Å². The molecule has 110 valence electrons. The highest BCUT2D eigenvalue weighted by molar-refractivity contribution is 5.82. The lowest BCUT2D eigenvalue weighted by Crippen LogP contribution is -2.48. The van der Waals surface area contributed by atoms with Gasteiger partial charge < -0.3 is 25.0 Å². The van der Waals surface area contributed by atoms with E-state index in [0.717, 1.165) is 6.42 Å². The lowest BCUT2D eigenvalue weighted by molar-refractivity contribution is -0.139. The van der Waals surface area contributed by atoms with Crippen molar-refractivity contribution in [3.05, 3.63) is 0 Å². The second-order valence-corrected chi connectivity index (χ2v) is 4.97. The molecule has 0 aromatic heterocycles. The molecule has 2 unspecified atom stereocenters. The SMILES string of the molecule is COCCC(NC(=O)N1CCC(N(C)C)C1)C(=O)O. The summed E-state index contributed by atoms with van der Waals surface area (Å²) >= 11 is 0. The number of hydrogen-bond donors (Lipinski definition) is 2. The Morgan fingerprint density at radius 1 is 1.53 bits per heavy atom. The monoisotopic (exact) mass is 273 g/mol. The van der Waals surface area contributed by atoms with Crippen LogP contribution in [0.4, 0.5) is 4.79 Å². The highest BCUT2D eigenvalue weighted by Crippen LogP contribution is 2.13. The van der Waals surface area contributed by atoms with E-state index in [4.69, 9.17) is 9.84 Å². The van der Waals surface area contributed by atoms with E-state index in [1.807, 2.05) is 14.1 Å². The third kappa shape index (κ3) is 4.68. The summed E-state index contributed by atoms with van der Waals surface area (Å²) in [6.07, 6.45) is 1.18. The van der Waals surface area contributed by atoms with E-state index in [1.54, 1.807) is 4.90 Å². The molecule has 0 spiro atoms. The third-order valence-corrected chi connectivity index (χ3v) is 3.39. The maximum Gasteiger partial charge on any atom is 0.326 e. The minimum Gasteiger partial charge on any atom is -0.480 e. The zero-order valence-electron chi connectivity index (χ0n) is 11.8. The fourth-order valence-electron chi connectivity index (χ4n) is 2.08. The van der Waals surface area contributed by atoms with Crippen molar-refractivity contribution >= 4 is 12.0 Å². The lowest BCUT2D eigenvalue weighted by Gasteiger charge is -2.22. The highest BCUT2D eigenvalue weighted by atomic mass is 16.5. The molecule has 2 amide bonds. The van der Waals surface area contributed by atoms with Crippen LogP contribution in [0.1, 0.15) is 12.8 Å². The van der Waals surface area contributed by atoms with E-state index in [-0.39, 0.29) is 12.5 Å². The molecule has 1 saturated heterocycles. The van der Waals surface area contributed by atoms with Crippen LogP contribution in [0.25, 0.3) is 0 Å². The first-order valence-electron chi connectivity index (χ1n) is 6.39. The van der Waals surface area contributed by atoms with Crippen molar-refractivity contribution < 1.29 is 19.4 Å². The van der Waals surface area contributed by atoms with Crippen molar-refractivity contribution in [3.8, 4) is 0 Å². The van der Waals surface area contributed by atoms with Gasteiger partial charge in [-0.1, -0.05) is 0 Å². The van der Waals surface area contributed by atoms with Crippen molar-refractivity contribution in [3.63, 3.8) is 0 Å². The number of hydrogen-bond acceptors (Lipinski definition) is 4. The summed E-state index contributed by atoms with van der Waals surface area (Å²) < 4.78 is 4.84. The Bertz CT molecular complexity index is 322. The smallest absolute Gasteiger partial charge is 0.326 e. The van der Waals surface area contributed by atoms with Gasteiger partial charge in [0.25, 0.3) is 0 Å². The maximum atomic E-state index is 12.0. The van der Waals surface area contributed by atoms with Crippen LogP contribution in [0, 0.1) is 0 Å².